The predicted octanol–water partition coefficient (Wildman–Crippen LogP) is 4.73. The van der Waals surface area contributed by atoms with E-state index >= 15 is 0 Å². The van der Waals surface area contributed by atoms with Gasteiger partial charge < -0.3 is 10.1 Å². The SMILES string of the molecule is CCNCCCC(C)Oc1ccc(Br)cc1C(C)C. The van der Waals surface area contributed by atoms with E-state index in [0.717, 1.165) is 36.2 Å². The molecule has 1 N–H and O–H groups in total. The molecule has 108 valence electrons. The fourth-order valence-electron chi connectivity index (χ4n) is 2.04. The number of halogens is 1. The summed E-state index contributed by atoms with van der Waals surface area (Å²) in [5.41, 5.74) is 1.27. The minimum Gasteiger partial charge on any atom is -0.490 e. The Morgan fingerprint density at radius 3 is 2.63 bits per heavy atom. The fraction of sp³-hybridized carbons (Fsp3) is 0.625. The first-order chi connectivity index (χ1) is 9.04. The second-order valence-corrected chi connectivity index (χ2v) is 6.18. The van der Waals surface area contributed by atoms with Gasteiger partial charge in [-0.2, -0.15) is 0 Å². The topological polar surface area (TPSA) is 21.3 Å². The van der Waals surface area contributed by atoms with Crippen LogP contribution in [0.4, 0.5) is 0 Å². The maximum Gasteiger partial charge on any atom is 0.123 e. The number of benzene rings is 1. The zero-order chi connectivity index (χ0) is 14.3. The highest BCUT2D eigenvalue weighted by molar-refractivity contribution is 9.10. The minimum atomic E-state index is 0.261. The zero-order valence-corrected chi connectivity index (χ0v) is 14.1. The quantitative estimate of drug-likeness (QED) is 0.697. The van der Waals surface area contributed by atoms with E-state index in [2.05, 4.69) is 61.1 Å². The molecule has 0 aliphatic heterocycles. The van der Waals surface area contributed by atoms with Gasteiger partial charge in [0.1, 0.15) is 5.75 Å². The lowest BCUT2D eigenvalue weighted by molar-refractivity contribution is 0.205. The van der Waals surface area contributed by atoms with Crippen LogP contribution < -0.4 is 10.1 Å². The van der Waals surface area contributed by atoms with Crippen LogP contribution in [0.2, 0.25) is 0 Å². The van der Waals surface area contributed by atoms with Crippen molar-refractivity contribution in [2.75, 3.05) is 13.1 Å². The lowest BCUT2D eigenvalue weighted by Crippen LogP contribution is -2.18. The van der Waals surface area contributed by atoms with Crippen LogP contribution in [-0.4, -0.2) is 19.2 Å². The summed E-state index contributed by atoms with van der Waals surface area (Å²) >= 11 is 3.53. The number of hydrogen-bond acceptors (Lipinski definition) is 2. The van der Waals surface area contributed by atoms with Gasteiger partial charge >= 0.3 is 0 Å². The molecule has 0 aromatic heterocycles. The Balaban J connectivity index is 2.56. The summed E-state index contributed by atoms with van der Waals surface area (Å²) in [7, 11) is 0. The van der Waals surface area contributed by atoms with Crippen LogP contribution in [0.3, 0.4) is 0 Å². The van der Waals surface area contributed by atoms with Crippen molar-refractivity contribution in [3.8, 4) is 5.75 Å². The van der Waals surface area contributed by atoms with Crippen LogP contribution in [0.5, 0.6) is 5.75 Å². The maximum atomic E-state index is 6.09. The van der Waals surface area contributed by atoms with Gasteiger partial charge in [-0.15, -0.1) is 0 Å². The van der Waals surface area contributed by atoms with Gasteiger partial charge in [0.05, 0.1) is 6.10 Å². The van der Waals surface area contributed by atoms with Crippen LogP contribution in [0.15, 0.2) is 22.7 Å². The third kappa shape index (κ3) is 5.96. The summed E-state index contributed by atoms with van der Waals surface area (Å²) in [5, 5.41) is 3.34. The molecule has 0 fully saturated rings. The molecule has 0 aliphatic rings. The summed E-state index contributed by atoms with van der Waals surface area (Å²) in [6, 6.07) is 6.28. The molecule has 0 bridgehead atoms. The van der Waals surface area contributed by atoms with E-state index in [4.69, 9.17) is 4.74 Å². The van der Waals surface area contributed by atoms with Gasteiger partial charge in [0.25, 0.3) is 0 Å². The average molecular weight is 328 g/mol. The smallest absolute Gasteiger partial charge is 0.123 e. The Morgan fingerprint density at radius 2 is 2.00 bits per heavy atom. The van der Waals surface area contributed by atoms with E-state index in [1.165, 1.54) is 5.56 Å². The van der Waals surface area contributed by atoms with Crippen molar-refractivity contribution >= 4 is 15.9 Å². The molecule has 2 nitrogen and oxygen atoms in total. The second-order valence-electron chi connectivity index (χ2n) is 5.26. The Labute approximate surface area is 126 Å². The first-order valence-electron chi connectivity index (χ1n) is 7.21. The number of nitrogens with one attached hydrogen (secondary N) is 1. The molecule has 0 radical (unpaired) electrons. The normalized spacial score (nSPS) is 12.7. The summed E-state index contributed by atoms with van der Waals surface area (Å²) in [4.78, 5) is 0. The van der Waals surface area contributed by atoms with Crippen LogP contribution in [0, 0.1) is 0 Å². The van der Waals surface area contributed by atoms with Crippen molar-refractivity contribution < 1.29 is 4.74 Å². The van der Waals surface area contributed by atoms with E-state index in [-0.39, 0.29) is 6.10 Å². The molecule has 0 heterocycles. The summed E-state index contributed by atoms with van der Waals surface area (Å²) < 4.78 is 7.21. The Morgan fingerprint density at radius 1 is 1.26 bits per heavy atom. The van der Waals surface area contributed by atoms with Crippen LogP contribution in [0.1, 0.15) is 52.0 Å². The first-order valence-corrected chi connectivity index (χ1v) is 8.00. The van der Waals surface area contributed by atoms with Crippen LogP contribution in [-0.2, 0) is 0 Å². The first kappa shape index (κ1) is 16.5. The van der Waals surface area contributed by atoms with Gasteiger partial charge in [0.2, 0.25) is 0 Å². The molecule has 0 amide bonds. The van der Waals surface area contributed by atoms with Gasteiger partial charge in [0, 0.05) is 4.47 Å². The molecule has 3 heteroatoms. The molecule has 1 unspecified atom stereocenters. The van der Waals surface area contributed by atoms with Crippen LogP contribution in [0.25, 0.3) is 0 Å². The molecule has 1 aromatic rings. The molecular weight excluding hydrogens is 302 g/mol. The van der Waals surface area contributed by atoms with Gasteiger partial charge in [-0.05, 0) is 62.5 Å². The zero-order valence-electron chi connectivity index (χ0n) is 12.5. The third-order valence-electron chi connectivity index (χ3n) is 3.14. The number of ether oxygens (including phenoxy) is 1. The molecule has 1 aromatic carbocycles. The second kappa shape index (κ2) is 8.60. The van der Waals surface area contributed by atoms with Crippen molar-refractivity contribution in [3.05, 3.63) is 28.2 Å². The average Bonchev–Trinajstić information content (AvgIpc) is 2.36. The van der Waals surface area contributed by atoms with Crippen molar-refractivity contribution in [1.29, 1.82) is 0 Å². The van der Waals surface area contributed by atoms with Crippen molar-refractivity contribution in [2.24, 2.45) is 0 Å². The molecule has 19 heavy (non-hydrogen) atoms. The largest absolute Gasteiger partial charge is 0.490 e. The fourth-order valence-corrected chi connectivity index (χ4v) is 2.42. The molecule has 0 saturated carbocycles. The maximum absolute atomic E-state index is 6.09. The Hall–Kier alpha value is -0.540. The molecule has 0 spiro atoms. The number of rotatable bonds is 8. The summed E-state index contributed by atoms with van der Waals surface area (Å²) in [6.45, 7) is 10.8. The highest BCUT2D eigenvalue weighted by Crippen LogP contribution is 2.30. The summed E-state index contributed by atoms with van der Waals surface area (Å²) in [6.07, 6.45) is 2.50. The molecule has 0 aliphatic carbocycles. The van der Waals surface area contributed by atoms with Gasteiger partial charge in [-0.1, -0.05) is 36.7 Å². The van der Waals surface area contributed by atoms with E-state index in [0.29, 0.717) is 5.92 Å². The summed E-state index contributed by atoms with van der Waals surface area (Å²) in [5.74, 6) is 1.50. The molecule has 1 atom stereocenters. The lowest BCUT2D eigenvalue weighted by atomic mass is 10.0. The Bertz CT molecular complexity index is 379. The van der Waals surface area contributed by atoms with Crippen molar-refractivity contribution in [2.45, 2.75) is 52.6 Å². The van der Waals surface area contributed by atoms with Crippen molar-refractivity contribution in [1.82, 2.24) is 5.32 Å². The number of hydrogen-bond donors (Lipinski definition) is 1. The predicted molar refractivity (Wildman–Crippen MR) is 86.1 cm³/mol. The highest BCUT2D eigenvalue weighted by Gasteiger charge is 2.11. The minimum absolute atomic E-state index is 0.261. The monoisotopic (exact) mass is 327 g/mol. The van der Waals surface area contributed by atoms with E-state index in [1.807, 2.05) is 6.07 Å². The van der Waals surface area contributed by atoms with E-state index in [1.54, 1.807) is 0 Å². The van der Waals surface area contributed by atoms with Crippen LogP contribution >= 0.6 is 15.9 Å². The highest BCUT2D eigenvalue weighted by atomic mass is 79.9. The van der Waals surface area contributed by atoms with E-state index in [9.17, 15) is 0 Å². The van der Waals surface area contributed by atoms with Gasteiger partial charge in [0.15, 0.2) is 0 Å². The molecule has 1 rings (SSSR count). The van der Waals surface area contributed by atoms with E-state index < -0.39 is 0 Å². The molecule has 0 saturated heterocycles. The van der Waals surface area contributed by atoms with Gasteiger partial charge in [-0.3, -0.25) is 0 Å². The Kier molecular flexibility index (Phi) is 7.47. The molecular formula is C16H26BrNO. The van der Waals surface area contributed by atoms with Gasteiger partial charge in [-0.25, -0.2) is 0 Å². The lowest BCUT2D eigenvalue weighted by Gasteiger charge is -2.19. The standard InChI is InChI=1S/C16H26BrNO/c1-5-18-10-6-7-13(4)19-16-9-8-14(17)11-15(16)12(2)3/h8-9,11-13,18H,5-7,10H2,1-4H3. The van der Waals surface area contributed by atoms with Crippen molar-refractivity contribution in [3.63, 3.8) is 0 Å². The third-order valence-corrected chi connectivity index (χ3v) is 3.63.